The molecule has 0 aromatic rings. The van der Waals surface area contributed by atoms with Gasteiger partial charge in [-0.2, -0.15) is 0 Å². The lowest BCUT2D eigenvalue weighted by Crippen LogP contribution is -2.35. The van der Waals surface area contributed by atoms with Crippen LogP contribution in [0.1, 0.15) is 6.42 Å². The summed E-state index contributed by atoms with van der Waals surface area (Å²) in [6.45, 7) is 0.137. The van der Waals surface area contributed by atoms with Crippen molar-refractivity contribution in [1.82, 2.24) is 4.90 Å². The van der Waals surface area contributed by atoms with Crippen molar-refractivity contribution in [1.29, 1.82) is 0 Å². The number of aliphatic hydroxyl groups excluding tert-OH is 1. The minimum Gasteiger partial charge on any atom is -0.412 e. The minimum atomic E-state index is -0.637. The zero-order valence-electron chi connectivity index (χ0n) is 6.49. The van der Waals surface area contributed by atoms with E-state index in [-0.39, 0.29) is 30.9 Å². The molecule has 6 heteroatoms. The molecule has 1 aliphatic heterocycles. The predicted molar refractivity (Wildman–Crippen MR) is 40.0 cm³/mol. The average Bonchev–Trinajstić information content (AvgIpc) is 2.09. The van der Waals surface area contributed by atoms with E-state index in [0.29, 0.717) is 0 Å². The average molecular weight is 176 g/mol. The van der Waals surface area contributed by atoms with Crippen LogP contribution in [-0.2, 0) is 9.59 Å². The molecule has 1 heterocycles. The lowest BCUT2D eigenvalue weighted by Gasteiger charge is -2.11. The van der Waals surface area contributed by atoms with Crippen LogP contribution in [0.3, 0.4) is 0 Å². The molecule has 0 saturated carbocycles. The summed E-state index contributed by atoms with van der Waals surface area (Å²) >= 11 is 0. The van der Waals surface area contributed by atoms with Crippen molar-refractivity contribution < 1.29 is 20.2 Å². The second-order valence-corrected chi connectivity index (χ2v) is 2.60. The van der Waals surface area contributed by atoms with Gasteiger partial charge in [0, 0.05) is 6.54 Å². The van der Waals surface area contributed by atoms with Crippen molar-refractivity contribution in [2.24, 2.45) is 5.73 Å². The van der Waals surface area contributed by atoms with Crippen molar-refractivity contribution in [2.75, 3.05) is 13.1 Å². The van der Waals surface area contributed by atoms with Gasteiger partial charge in [-0.25, -0.2) is 0 Å². The number of β-amino-alcohol motifs (C(OH)–C–C–N with tert-alkyl or cyclic N) is 1. The minimum absolute atomic E-state index is 0. The lowest BCUT2D eigenvalue weighted by atomic mass is 10.3. The Morgan fingerprint density at radius 2 is 2.33 bits per heavy atom. The van der Waals surface area contributed by atoms with Crippen LogP contribution in [0.5, 0.6) is 0 Å². The normalized spacial score (nSPS) is 22.2. The zero-order valence-corrected chi connectivity index (χ0v) is 6.49. The maximum Gasteiger partial charge on any atom is 0.237 e. The Hall–Kier alpha value is -1.14. The number of carbonyl (C=O) groups is 2. The first-order chi connectivity index (χ1) is 5.09. The van der Waals surface area contributed by atoms with Gasteiger partial charge in [0.05, 0.1) is 19.1 Å². The molecule has 1 fully saturated rings. The SMILES string of the molecule is NC(=O)CN1C[C@@H](O)CC1=O.O. The molecule has 0 bridgehead atoms. The number of nitrogens with zero attached hydrogens (tertiary/aromatic N) is 1. The molecule has 0 aliphatic carbocycles. The van der Waals surface area contributed by atoms with Crippen molar-refractivity contribution in [3.8, 4) is 0 Å². The molecule has 0 spiro atoms. The highest BCUT2D eigenvalue weighted by Crippen LogP contribution is 2.09. The van der Waals surface area contributed by atoms with E-state index >= 15 is 0 Å². The molecule has 2 amide bonds. The van der Waals surface area contributed by atoms with Gasteiger partial charge in [0.25, 0.3) is 0 Å². The van der Waals surface area contributed by atoms with Crippen molar-refractivity contribution in [3.05, 3.63) is 0 Å². The van der Waals surface area contributed by atoms with Gasteiger partial charge in [0.1, 0.15) is 0 Å². The quantitative estimate of drug-likeness (QED) is 0.474. The number of carbonyl (C=O) groups excluding carboxylic acids is 2. The topological polar surface area (TPSA) is 115 Å². The third-order valence-electron chi connectivity index (χ3n) is 1.54. The summed E-state index contributed by atoms with van der Waals surface area (Å²) in [5.74, 6) is -0.760. The van der Waals surface area contributed by atoms with Crippen LogP contribution in [0.4, 0.5) is 0 Å². The molecule has 12 heavy (non-hydrogen) atoms. The third-order valence-corrected chi connectivity index (χ3v) is 1.54. The Bertz CT molecular complexity index is 194. The summed E-state index contributed by atoms with van der Waals surface area (Å²) in [7, 11) is 0. The highest BCUT2D eigenvalue weighted by Gasteiger charge is 2.28. The molecule has 70 valence electrons. The Morgan fingerprint density at radius 3 is 2.67 bits per heavy atom. The number of amides is 2. The number of nitrogens with two attached hydrogens (primary N) is 1. The molecule has 0 radical (unpaired) electrons. The van der Waals surface area contributed by atoms with Gasteiger partial charge >= 0.3 is 0 Å². The van der Waals surface area contributed by atoms with E-state index in [4.69, 9.17) is 10.8 Å². The molecule has 6 nitrogen and oxygen atoms in total. The number of aliphatic hydroxyl groups is 1. The standard InChI is InChI=1S/C6H10N2O3.H2O/c7-5(10)3-8-2-4(9)1-6(8)11;/h4,9H,1-3H2,(H2,7,10);1H2/t4-;/m0./s1. The van der Waals surface area contributed by atoms with Crippen molar-refractivity contribution in [3.63, 3.8) is 0 Å². The van der Waals surface area contributed by atoms with Gasteiger partial charge in [0.15, 0.2) is 0 Å². The molecule has 1 aliphatic rings. The third kappa shape index (κ3) is 2.48. The predicted octanol–water partition coefficient (Wildman–Crippen LogP) is -2.76. The van der Waals surface area contributed by atoms with E-state index < -0.39 is 12.0 Å². The number of hydrogen-bond donors (Lipinski definition) is 2. The molecular formula is C6H12N2O4. The van der Waals surface area contributed by atoms with Crippen LogP contribution in [-0.4, -0.2) is 46.5 Å². The monoisotopic (exact) mass is 176 g/mol. The Balaban J connectivity index is 0.00000121. The zero-order chi connectivity index (χ0) is 8.43. The van der Waals surface area contributed by atoms with Gasteiger partial charge in [-0.15, -0.1) is 0 Å². The van der Waals surface area contributed by atoms with Crippen LogP contribution < -0.4 is 5.73 Å². The lowest BCUT2D eigenvalue weighted by molar-refractivity contribution is -0.132. The van der Waals surface area contributed by atoms with Gasteiger partial charge < -0.3 is 21.2 Å². The van der Waals surface area contributed by atoms with Gasteiger partial charge in [-0.1, -0.05) is 0 Å². The number of likely N-dealkylation sites (tertiary alicyclic amines) is 1. The highest BCUT2D eigenvalue weighted by molar-refractivity contribution is 5.85. The van der Waals surface area contributed by atoms with E-state index in [1.807, 2.05) is 0 Å². The van der Waals surface area contributed by atoms with E-state index in [0.717, 1.165) is 0 Å². The summed E-state index contributed by atoms with van der Waals surface area (Å²) in [4.78, 5) is 22.5. The fourth-order valence-corrected chi connectivity index (χ4v) is 1.09. The van der Waals surface area contributed by atoms with Crippen molar-refractivity contribution >= 4 is 11.8 Å². The first-order valence-corrected chi connectivity index (χ1v) is 3.33. The van der Waals surface area contributed by atoms with Gasteiger partial charge in [0.2, 0.25) is 11.8 Å². The molecule has 1 rings (SSSR count). The molecule has 0 unspecified atom stereocenters. The van der Waals surface area contributed by atoms with Crippen LogP contribution in [0.2, 0.25) is 0 Å². The fourth-order valence-electron chi connectivity index (χ4n) is 1.09. The number of rotatable bonds is 2. The maximum absolute atomic E-state index is 10.9. The Morgan fingerprint density at radius 1 is 1.75 bits per heavy atom. The van der Waals surface area contributed by atoms with Crippen LogP contribution in [0, 0.1) is 0 Å². The summed E-state index contributed by atoms with van der Waals surface area (Å²) in [6, 6.07) is 0. The molecule has 0 aromatic carbocycles. The Labute approximate surface area is 69.3 Å². The van der Waals surface area contributed by atoms with Gasteiger partial charge in [-0.05, 0) is 0 Å². The first kappa shape index (κ1) is 10.9. The van der Waals surface area contributed by atoms with E-state index in [2.05, 4.69) is 0 Å². The first-order valence-electron chi connectivity index (χ1n) is 3.33. The van der Waals surface area contributed by atoms with Crippen LogP contribution >= 0.6 is 0 Å². The van der Waals surface area contributed by atoms with E-state index in [9.17, 15) is 9.59 Å². The second kappa shape index (κ2) is 4.03. The number of hydrogen-bond acceptors (Lipinski definition) is 3. The molecule has 1 saturated heterocycles. The smallest absolute Gasteiger partial charge is 0.237 e. The number of primary amides is 1. The molecule has 1 atom stereocenters. The van der Waals surface area contributed by atoms with Crippen molar-refractivity contribution in [2.45, 2.75) is 12.5 Å². The molecule has 5 N–H and O–H groups in total. The van der Waals surface area contributed by atoms with Crippen LogP contribution in [0.15, 0.2) is 0 Å². The summed E-state index contributed by atoms with van der Waals surface area (Å²) in [5, 5.41) is 8.97. The van der Waals surface area contributed by atoms with E-state index in [1.54, 1.807) is 0 Å². The van der Waals surface area contributed by atoms with Crippen LogP contribution in [0.25, 0.3) is 0 Å². The second-order valence-electron chi connectivity index (χ2n) is 2.60. The van der Waals surface area contributed by atoms with E-state index in [1.165, 1.54) is 4.90 Å². The summed E-state index contributed by atoms with van der Waals surface area (Å²) in [6.07, 6.45) is -0.533. The van der Waals surface area contributed by atoms with Gasteiger partial charge in [-0.3, -0.25) is 9.59 Å². The largest absolute Gasteiger partial charge is 0.412 e. The highest BCUT2D eigenvalue weighted by atomic mass is 16.3. The molecule has 0 aromatic heterocycles. The maximum atomic E-state index is 10.9. The summed E-state index contributed by atoms with van der Waals surface area (Å²) in [5.41, 5.74) is 4.87. The fraction of sp³-hybridized carbons (Fsp3) is 0.667. The molecular weight excluding hydrogens is 164 g/mol. The Kier molecular flexibility index (Phi) is 3.65. The summed E-state index contributed by atoms with van der Waals surface area (Å²) < 4.78 is 0.